The summed E-state index contributed by atoms with van der Waals surface area (Å²) in [5.41, 5.74) is -0.364. The van der Waals surface area contributed by atoms with Gasteiger partial charge in [-0.3, -0.25) is 4.79 Å². The number of nitriles is 1. The Labute approximate surface area is 171 Å². The normalized spacial score (nSPS) is 18.9. The van der Waals surface area contributed by atoms with Crippen molar-refractivity contribution < 1.29 is 27.4 Å². The van der Waals surface area contributed by atoms with E-state index in [1.807, 2.05) is 6.07 Å². The Kier molecular flexibility index (Phi) is 6.77. The average molecular weight is 419 g/mol. The molecule has 1 amide bonds. The van der Waals surface area contributed by atoms with Crippen LogP contribution in [0.1, 0.15) is 36.8 Å². The van der Waals surface area contributed by atoms with Gasteiger partial charge in [0.15, 0.2) is 6.61 Å². The van der Waals surface area contributed by atoms with Crippen molar-refractivity contribution in [3.05, 3.63) is 53.7 Å². The van der Waals surface area contributed by atoms with Gasteiger partial charge in [-0.25, -0.2) is 4.98 Å². The van der Waals surface area contributed by atoms with Crippen LogP contribution in [0.3, 0.4) is 0 Å². The number of carbonyl (C=O) groups is 1. The number of ether oxygens (including phenoxy) is 2. The summed E-state index contributed by atoms with van der Waals surface area (Å²) < 4.78 is 49.2. The zero-order valence-electron chi connectivity index (χ0n) is 16.0. The number of benzene rings is 1. The molecule has 1 aromatic heterocycles. The Morgan fingerprint density at radius 1 is 1.20 bits per heavy atom. The molecule has 1 aliphatic rings. The lowest BCUT2D eigenvalue weighted by Crippen LogP contribution is -2.41. The number of alkyl halides is 3. The SMILES string of the molecule is N#Cc1ccc(OC2CCC(NC(=O)COc3cccc(C(F)(F)F)c3)CC2)nc1. The number of carbonyl (C=O) groups excluding carboxylic acids is 1. The molecule has 3 rings (SSSR count). The summed E-state index contributed by atoms with van der Waals surface area (Å²) in [6.07, 6.45) is -0.185. The third-order valence-electron chi connectivity index (χ3n) is 4.72. The predicted molar refractivity (Wildman–Crippen MR) is 101 cm³/mol. The van der Waals surface area contributed by atoms with Gasteiger partial charge in [0, 0.05) is 18.3 Å². The van der Waals surface area contributed by atoms with Crippen LogP contribution < -0.4 is 14.8 Å². The highest BCUT2D eigenvalue weighted by atomic mass is 19.4. The number of hydrogen-bond acceptors (Lipinski definition) is 5. The number of pyridine rings is 1. The first-order valence-corrected chi connectivity index (χ1v) is 9.46. The van der Waals surface area contributed by atoms with Crippen LogP contribution in [0.25, 0.3) is 0 Å². The van der Waals surface area contributed by atoms with Gasteiger partial charge < -0.3 is 14.8 Å². The van der Waals surface area contributed by atoms with E-state index < -0.39 is 11.7 Å². The molecule has 1 saturated carbocycles. The summed E-state index contributed by atoms with van der Waals surface area (Å²) in [7, 11) is 0. The molecule has 1 aromatic carbocycles. The maximum Gasteiger partial charge on any atom is 0.416 e. The summed E-state index contributed by atoms with van der Waals surface area (Å²) in [5, 5.41) is 11.6. The number of rotatable bonds is 6. The average Bonchev–Trinajstić information content (AvgIpc) is 2.74. The molecular formula is C21H20F3N3O3. The molecule has 0 radical (unpaired) electrons. The van der Waals surface area contributed by atoms with Crippen molar-refractivity contribution in [2.24, 2.45) is 0 Å². The third-order valence-corrected chi connectivity index (χ3v) is 4.72. The number of nitrogens with one attached hydrogen (secondary N) is 1. The van der Waals surface area contributed by atoms with Crippen LogP contribution in [0.5, 0.6) is 11.6 Å². The number of hydrogen-bond donors (Lipinski definition) is 1. The third kappa shape index (κ3) is 6.11. The quantitative estimate of drug-likeness (QED) is 0.769. The van der Waals surface area contributed by atoms with E-state index >= 15 is 0 Å². The molecule has 1 heterocycles. The summed E-state index contributed by atoms with van der Waals surface area (Å²) >= 11 is 0. The summed E-state index contributed by atoms with van der Waals surface area (Å²) in [6, 6.07) is 9.66. The lowest BCUT2D eigenvalue weighted by atomic mass is 9.93. The van der Waals surface area contributed by atoms with Crippen LogP contribution in [0, 0.1) is 11.3 Å². The lowest BCUT2D eigenvalue weighted by Gasteiger charge is -2.29. The fourth-order valence-corrected chi connectivity index (χ4v) is 3.19. The molecule has 0 saturated heterocycles. The van der Waals surface area contributed by atoms with Crippen LogP contribution in [0.2, 0.25) is 0 Å². The number of amides is 1. The van der Waals surface area contributed by atoms with Crippen LogP contribution in [0.4, 0.5) is 13.2 Å². The lowest BCUT2D eigenvalue weighted by molar-refractivity contribution is -0.137. The van der Waals surface area contributed by atoms with Gasteiger partial charge in [-0.15, -0.1) is 0 Å². The first-order valence-electron chi connectivity index (χ1n) is 9.46. The van der Waals surface area contributed by atoms with E-state index in [0.29, 0.717) is 24.3 Å². The van der Waals surface area contributed by atoms with Crippen molar-refractivity contribution in [2.75, 3.05) is 6.61 Å². The van der Waals surface area contributed by atoms with Crippen LogP contribution in [-0.2, 0) is 11.0 Å². The highest BCUT2D eigenvalue weighted by molar-refractivity contribution is 5.77. The van der Waals surface area contributed by atoms with E-state index in [0.717, 1.165) is 25.0 Å². The number of nitrogens with zero attached hydrogens (tertiary/aromatic N) is 2. The van der Waals surface area contributed by atoms with Gasteiger partial charge in [0.1, 0.15) is 17.9 Å². The highest BCUT2D eigenvalue weighted by Gasteiger charge is 2.30. The van der Waals surface area contributed by atoms with Gasteiger partial charge >= 0.3 is 6.18 Å². The Balaban J connectivity index is 1.40. The second-order valence-electron chi connectivity index (χ2n) is 6.97. The molecule has 1 fully saturated rings. The standard InChI is InChI=1S/C21H20F3N3O3/c22-21(23,24)15-2-1-3-18(10-15)29-13-19(28)27-16-5-7-17(8-6-16)30-20-9-4-14(11-25)12-26-20/h1-4,9-10,12,16-17H,5-8,13H2,(H,27,28). The minimum absolute atomic E-state index is 0.00741. The monoisotopic (exact) mass is 419 g/mol. The van der Waals surface area contributed by atoms with Crippen LogP contribution in [0.15, 0.2) is 42.6 Å². The first-order chi connectivity index (χ1) is 14.3. The molecule has 0 unspecified atom stereocenters. The Bertz CT molecular complexity index is 902. The zero-order chi connectivity index (χ0) is 21.6. The van der Waals surface area contributed by atoms with Crippen molar-refractivity contribution in [1.29, 1.82) is 5.26 Å². The fourth-order valence-electron chi connectivity index (χ4n) is 3.19. The summed E-state index contributed by atoms with van der Waals surface area (Å²) in [4.78, 5) is 16.2. The van der Waals surface area contributed by atoms with E-state index in [1.165, 1.54) is 18.3 Å². The van der Waals surface area contributed by atoms with Crippen molar-refractivity contribution in [2.45, 2.75) is 44.0 Å². The Hall–Kier alpha value is -3.28. The summed E-state index contributed by atoms with van der Waals surface area (Å²) in [5.74, 6) is 0.0634. The number of aromatic nitrogens is 1. The molecule has 9 heteroatoms. The van der Waals surface area contributed by atoms with E-state index in [1.54, 1.807) is 12.1 Å². The molecule has 2 aromatic rings. The molecule has 30 heavy (non-hydrogen) atoms. The van der Waals surface area contributed by atoms with Gasteiger partial charge in [-0.2, -0.15) is 18.4 Å². The molecule has 0 aliphatic heterocycles. The Morgan fingerprint density at radius 2 is 1.97 bits per heavy atom. The molecule has 1 aliphatic carbocycles. The Morgan fingerprint density at radius 3 is 2.60 bits per heavy atom. The van der Waals surface area contributed by atoms with Gasteiger partial charge in [0.2, 0.25) is 5.88 Å². The predicted octanol–water partition coefficient (Wildman–Crippen LogP) is 3.86. The van der Waals surface area contributed by atoms with Gasteiger partial charge in [-0.05, 0) is 49.9 Å². The van der Waals surface area contributed by atoms with E-state index in [2.05, 4.69) is 10.3 Å². The molecule has 1 N–H and O–H groups in total. The van der Waals surface area contributed by atoms with Gasteiger partial charge in [0.25, 0.3) is 5.91 Å². The highest BCUT2D eigenvalue weighted by Crippen LogP contribution is 2.31. The van der Waals surface area contributed by atoms with E-state index in [9.17, 15) is 18.0 Å². The largest absolute Gasteiger partial charge is 0.484 e. The van der Waals surface area contributed by atoms with Crippen molar-refractivity contribution in [3.63, 3.8) is 0 Å². The first kappa shape index (κ1) is 21.4. The van der Waals surface area contributed by atoms with Crippen LogP contribution in [-0.4, -0.2) is 29.6 Å². The number of halogens is 3. The molecule has 158 valence electrons. The molecular weight excluding hydrogens is 399 g/mol. The molecule has 0 spiro atoms. The smallest absolute Gasteiger partial charge is 0.416 e. The van der Waals surface area contributed by atoms with Crippen molar-refractivity contribution >= 4 is 5.91 Å². The fraction of sp³-hybridized carbons (Fsp3) is 0.381. The summed E-state index contributed by atoms with van der Waals surface area (Å²) in [6.45, 7) is -0.354. The maximum atomic E-state index is 12.7. The molecule has 0 bridgehead atoms. The van der Waals surface area contributed by atoms with Crippen LogP contribution >= 0.6 is 0 Å². The van der Waals surface area contributed by atoms with Crippen molar-refractivity contribution in [3.8, 4) is 17.7 Å². The molecule has 6 nitrogen and oxygen atoms in total. The van der Waals surface area contributed by atoms with E-state index in [4.69, 9.17) is 14.7 Å². The van der Waals surface area contributed by atoms with Gasteiger partial charge in [0.05, 0.1) is 11.1 Å². The second-order valence-corrected chi connectivity index (χ2v) is 6.97. The van der Waals surface area contributed by atoms with Gasteiger partial charge in [-0.1, -0.05) is 6.07 Å². The van der Waals surface area contributed by atoms with Crippen molar-refractivity contribution in [1.82, 2.24) is 10.3 Å². The second kappa shape index (κ2) is 9.48. The molecule has 0 atom stereocenters. The maximum absolute atomic E-state index is 12.7. The minimum atomic E-state index is -4.46. The van der Waals surface area contributed by atoms with E-state index in [-0.39, 0.29) is 30.4 Å². The topological polar surface area (TPSA) is 84.2 Å². The minimum Gasteiger partial charge on any atom is -0.484 e. The zero-order valence-corrected chi connectivity index (χ0v) is 16.0.